The first-order valence-corrected chi connectivity index (χ1v) is 12.1. The number of benzene rings is 2. The molecule has 0 saturated carbocycles. The molecule has 0 bridgehead atoms. The Morgan fingerprint density at radius 2 is 1.87 bits per heavy atom. The number of aromatic nitrogens is 1. The van der Waals surface area contributed by atoms with Gasteiger partial charge in [-0.05, 0) is 37.4 Å². The SMILES string of the molecule is CCN(CC)CCN(C(=O)CSc1ccccc1)c1nc2c(OC)ccc(Cl)c2s1. The van der Waals surface area contributed by atoms with Crippen LogP contribution in [0.3, 0.4) is 0 Å². The molecule has 0 aliphatic rings. The fraction of sp³-hybridized carbons (Fsp3) is 0.364. The number of halogens is 1. The minimum absolute atomic E-state index is 0.0326. The number of rotatable bonds is 10. The second kappa shape index (κ2) is 11.0. The van der Waals surface area contributed by atoms with Crippen LogP contribution in [0.1, 0.15) is 13.8 Å². The van der Waals surface area contributed by atoms with Crippen LogP contribution in [-0.2, 0) is 4.79 Å². The summed E-state index contributed by atoms with van der Waals surface area (Å²) in [4.78, 5) is 23.1. The van der Waals surface area contributed by atoms with Crippen molar-refractivity contribution in [2.75, 3.05) is 43.9 Å². The molecule has 0 atom stereocenters. The van der Waals surface area contributed by atoms with Gasteiger partial charge in [-0.25, -0.2) is 4.98 Å². The Morgan fingerprint density at radius 1 is 1.13 bits per heavy atom. The highest BCUT2D eigenvalue weighted by Gasteiger charge is 2.22. The van der Waals surface area contributed by atoms with Gasteiger partial charge in [0.25, 0.3) is 0 Å². The Labute approximate surface area is 191 Å². The summed E-state index contributed by atoms with van der Waals surface area (Å²) in [6.07, 6.45) is 0. The average molecular weight is 464 g/mol. The largest absolute Gasteiger partial charge is 0.494 e. The van der Waals surface area contributed by atoms with Crippen molar-refractivity contribution in [3.8, 4) is 5.75 Å². The number of ether oxygens (including phenoxy) is 1. The number of hydrogen-bond acceptors (Lipinski definition) is 6. The Balaban J connectivity index is 1.87. The molecule has 1 amide bonds. The maximum absolute atomic E-state index is 13.2. The number of fused-ring (bicyclic) bond motifs is 1. The number of anilines is 1. The summed E-state index contributed by atoms with van der Waals surface area (Å²) in [5.74, 6) is 1.04. The van der Waals surface area contributed by atoms with Crippen molar-refractivity contribution in [3.05, 3.63) is 47.5 Å². The zero-order valence-corrected chi connectivity index (χ0v) is 19.8. The van der Waals surface area contributed by atoms with E-state index in [2.05, 4.69) is 18.7 Å². The summed E-state index contributed by atoms with van der Waals surface area (Å²) in [5.41, 5.74) is 0.696. The van der Waals surface area contributed by atoms with Crippen molar-refractivity contribution in [1.82, 2.24) is 9.88 Å². The van der Waals surface area contributed by atoms with Crippen LogP contribution < -0.4 is 9.64 Å². The highest BCUT2D eigenvalue weighted by atomic mass is 35.5. The topological polar surface area (TPSA) is 45.7 Å². The third-order valence-corrected chi connectivity index (χ3v) is 7.37. The van der Waals surface area contributed by atoms with Crippen LogP contribution in [0.5, 0.6) is 5.75 Å². The van der Waals surface area contributed by atoms with Gasteiger partial charge in [0.05, 0.1) is 22.6 Å². The van der Waals surface area contributed by atoms with Crippen molar-refractivity contribution >= 4 is 56.0 Å². The predicted molar refractivity (Wildman–Crippen MR) is 128 cm³/mol. The zero-order valence-electron chi connectivity index (χ0n) is 17.4. The first-order valence-electron chi connectivity index (χ1n) is 9.90. The second-order valence-corrected chi connectivity index (χ2v) is 9.03. The zero-order chi connectivity index (χ0) is 21.5. The maximum atomic E-state index is 13.2. The monoisotopic (exact) mass is 463 g/mol. The van der Waals surface area contributed by atoms with E-state index in [4.69, 9.17) is 21.3 Å². The molecular formula is C22H26ClN3O2S2. The molecule has 0 aliphatic heterocycles. The lowest BCUT2D eigenvalue weighted by atomic mass is 10.3. The Bertz CT molecular complexity index is 977. The number of thioether (sulfide) groups is 1. The molecule has 8 heteroatoms. The van der Waals surface area contributed by atoms with Crippen molar-refractivity contribution < 1.29 is 9.53 Å². The molecule has 160 valence electrons. The summed E-state index contributed by atoms with van der Waals surface area (Å²) in [6, 6.07) is 13.6. The summed E-state index contributed by atoms with van der Waals surface area (Å²) in [7, 11) is 1.61. The van der Waals surface area contributed by atoms with E-state index in [1.807, 2.05) is 36.4 Å². The summed E-state index contributed by atoms with van der Waals surface area (Å²) in [6.45, 7) is 7.51. The van der Waals surface area contributed by atoms with Crippen LogP contribution in [0.15, 0.2) is 47.4 Å². The van der Waals surface area contributed by atoms with Crippen LogP contribution in [0.4, 0.5) is 5.13 Å². The molecule has 3 rings (SSSR count). The third kappa shape index (κ3) is 5.46. The normalized spacial score (nSPS) is 11.2. The quantitative estimate of drug-likeness (QED) is 0.375. The number of carbonyl (C=O) groups is 1. The van der Waals surface area contributed by atoms with Gasteiger partial charge in [-0.3, -0.25) is 9.69 Å². The molecule has 1 heterocycles. The number of nitrogens with zero attached hydrogens (tertiary/aromatic N) is 3. The van der Waals surface area contributed by atoms with Gasteiger partial charge < -0.3 is 9.64 Å². The second-order valence-electron chi connectivity index (χ2n) is 6.60. The van der Waals surface area contributed by atoms with E-state index < -0.39 is 0 Å². The minimum atomic E-state index is 0.0326. The van der Waals surface area contributed by atoms with E-state index in [0.29, 0.717) is 33.7 Å². The molecule has 2 aromatic carbocycles. The maximum Gasteiger partial charge on any atom is 0.239 e. The van der Waals surface area contributed by atoms with Gasteiger partial charge in [0, 0.05) is 18.0 Å². The van der Waals surface area contributed by atoms with Crippen LogP contribution >= 0.6 is 34.7 Å². The molecule has 0 fully saturated rings. The number of thiazole rings is 1. The first-order chi connectivity index (χ1) is 14.6. The van der Waals surface area contributed by atoms with Crippen LogP contribution in [0, 0.1) is 0 Å². The van der Waals surface area contributed by atoms with E-state index in [9.17, 15) is 4.79 Å². The van der Waals surface area contributed by atoms with Gasteiger partial charge in [0.1, 0.15) is 11.3 Å². The molecule has 0 unspecified atom stereocenters. The number of hydrogen-bond donors (Lipinski definition) is 0. The Hall–Kier alpha value is -1.80. The minimum Gasteiger partial charge on any atom is -0.494 e. The van der Waals surface area contributed by atoms with Crippen molar-refractivity contribution in [2.24, 2.45) is 0 Å². The van der Waals surface area contributed by atoms with Gasteiger partial charge in [-0.2, -0.15) is 0 Å². The van der Waals surface area contributed by atoms with Crippen molar-refractivity contribution in [2.45, 2.75) is 18.7 Å². The van der Waals surface area contributed by atoms with Crippen LogP contribution in [-0.4, -0.2) is 54.8 Å². The molecule has 5 nitrogen and oxygen atoms in total. The summed E-state index contributed by atoms with van der Waals surface area (Å²) >= 11 is 9.37. The molecular weight excluding hydrogens is 438 g/mol. The summed E-state index contributed by atoms with van der Waals surface area (Å²) in [5, 5.41) is 1.27. The number of likely N-dealkylation sites (N-methyl/N-ethyl adjacent to an activating group) is 1. The van der Waals surface area contributed by atoms with Gasteiger partial charge in [0.15, 0.2) is 5.13 Å². The van der Waals surface area contributed by atoms with Crippen LogP contribution in [0.2, 0.25) is 5.02 Å². The molecule has 30 heavy (non-hydrogen) atoms. The van der Waals surface area contributed by atoms with Gasteiger partial charge in [0.2, 0.25) is 5.91 Å². The summed E-state index contributed by atoms with van der Waals surface area (Å²) < 4.78 is 6.28. The number of methoxy groups -OCH3 is 1. The smallest absolute Gasteiger partial charge is 0.239 e. The van der Waals surface area contributed by atoms with E-state index in [-0.39, 0.29) is 5.91 Å². The van der Waals surface area contributed by atoms with Gasteiger partial charge >= 0.3 is 0 Å². The fourth-order valence-corrected chi connectivity index (χ4v) is 5.16. The number of carbonyl (C=O) groups excluding carboxylic acids is 1. The van der Waals surface area contributed by atoms with Gasteiger partial charge in [-0.15, -0.1) is 11.8 Å². The lowest BCUT2D eigenvalue weighted by Crippen LogP contribution is -2.39. The van der Waals surface area contributed by atoms with Crippen LogP contribution in [0.25, 0.3) is 10.2 Å². The lowest BCUT2D eigenvalue weighted by molar-refractivity contribution is -0.116. The van der Waals surface area contributed by atoms with Crippen molar-refractivity contribution in [1.29, 1.82) is 0 Å². The molecule has 0 saturated heterocycles. The Morgan fingerprint density at radius 3 is 2.53 bits per heavy atom. The highest BCUT2D eigenvalue weighted by molar-refractivity contribution is 8.00. The molecule has 0 N–H and O–H groups in total. The molecule has 1 aromatic heterocycles. The van der Waals surface area contributed by atoms with E-state index in [0.717, 1.165) is 29.2 Å². The number of amides is 1. The first kappa shape index (κ1) is 22.9. The molecule has 3 aromatic rings. The van der Waals surface area contributed by atoms with Crippen molar-refractivity contribution in [3.63, 3.8) is 0 Å². The fourth-order valence-electron chi connectivity index (χ4n) is 3.07. The third-order valence-electron chi connectivity index (χ3n) is 4.84. The van der Waals surface area contributed by atoms with E-state index in [1.54, 1.807) is 18.1 Å². The lowest BCUT2D eigenvalue weighted by Gasteiger charge is -2.24. The van der Waals surface area contributed by atoms with Gasteiger partial charge in [-0.1, -0.05) is 55.0 Å². The van der Waals surface area contributed by atoms with E-state index in [1.165, 1.54) is 23.1 Å². The van der Waals surface area contributed by atoms with E-state index >= 15 is 0 Å². The predicted octanol–water partition coefficient (Wildman–Crippen LogP) is 5.43. The average Bonchev–Trinajstić information content (AvgIpc) is 3.22. The molecule has 0 aliphatic carbocycles. The Kier molecular flexibility index (Phi) is 8.39. The molecule has 0 radical (unpaired) electrons. The highest BCUT2D eigenvalue weighted by Crippen LogP contribution is 2.39. The standard InChI is InChI=1S/C22H26ClN3O2S2/c1-4-25(5-2)13-14-26(19(27)15-29-16-9-7-6-8-10-16)22-24-20-18(28-3)12-11-17(23)21(20)30-22/h6-12H,4-5,13-15H2,1-3H3. The molecule has 0 spiro atoms.